The molecule has 0 radical (unpaired) electrons. The third kappa shape index (κ3) is 3.30. The molecule has 3 rings (SSSR count). The maximum Gasteiger partial charge on any atom is 0.294 e. The average Bonchev–Trinajstić information content (AvgIpc) is 3.24. The van der Waals surface area contributed by atoms with Crippen molar-refractivity contribution >= 4 is 17.6 Å². The highest BCUT2D eigenvalue weighted by molar-refractivity contribution is 6.42. The monoisotopic (exact) mass is 317 g/mol. The first-order chi connectivity index (χ1) is 11.1. The van der Waals surface area contributed by atoms with E-state index in [2.05, 4.69) is 5.32 Å². The lowest BCUT2D eigenvalue weighted by molar-refractivity contribution is -0.129. The minimum absolute atomic E-state index is 0.105. The molecular formula is C17H23N3O3. The summed E-state index contributed by atoms with van der Waals surface area (Å²) in [7, 11) is 1.73. The van der Waals surface area contributed by atoms with E-state index in [1.807, 2.05) is 4.90 Å². The van der Waals surface area contributed by atoms with E-state index in [0.717, 1.165) is 12.8 Å². The summed E-state index contributed by atoms with van der Waals surface area (Å²) in [6.07, 6.45) is 6.78. The molecule has 6 nitrogen and oxygen atoms in total. The lowest BCUT2D eigenvalue weighted by Crippen LogP contribution is -2.37. The largest absolute Gasteiger partial charge is 0.349 e. The van der Waals surface area contributed by atoms with Crippen molar-refractivity contribution in [2.24, 2.45) is 13.0 Å². The van der Waals surface area contributed by atoms with Gasteiger partial charge in [0.1, 0.15) is 0 Å². The van der Waals surface area contributed by atoms with Gasteiger partial charge in [0, 0.05) is 44.7 Å². The molecule has 2 aliphatic rings. The van der Waals surface area contributed by atoms with Crippen molar-refractivity contribution in [3.8, 4) is 0 Å². The second-order valence-corrected chi connectivity index (χ2v) is 6.60. The van der Waals surface area contributed by atoms with Crippen LogP contribution in [0.25, 0.3) is 0 Å². The van der Waals surface area contributed by atoms with Gasteiger partial charge in [-0.25, -0.2) is 0 Å². The van der Waals surface area contributed by atoms with Crippen LogP contribution in [0.4, 0.5) is 0 Å². The summed E-state index contributed by atoms with van der Waals surface area (Å²) < 4.78 is 1.63. The van der Waals surface area contributed by atoms with E-state index >= 15 is 0 Å². The van der Waals surface area contributed by atoms with Crippen LogP contribution >= 0.6 is 0 Å². The molecule has 0 spiro atoms. The van der Waals surface area contributed by atoms with E-state index in [1.165, 1.54) is 12.8 Å². The molecule has 1 saturated carbocycles. The van der Waals surface area contributed by atoms with Crippen LogP contribution in [0.15, 0.2) is 18.3 Å². The van der Waals surface area contributed by atoms with Crippen molar-refractivity contribution in [3.63, 3.8) is 0 Å². The van der Waals surface area contributed by atoms with Crippen molar-refractivity contribution in [1.82, 2.24) is 14.8 Å². The number of Topliss-reactive ketones (excluding diaryl/α,β-unsaturated/α-hetero) is 1. The second kappa shape index (κ2) is 6.56. The molecule has 0 unspecified atom stereocenters. The summed E-state index contributed by atoms with van der Waals surface area (Å²) in [6.45, 7) is 1.08. The number of aromatic nitrogens is 1. The highest BCUT2D eigenvalue weighted by Gasteiger charge is 2.35. The number of nitrogens with zero attached hydrogens (tertiary/aromatic N) is 2. The van der Waals surface area contributed by atoms with Crippen molar-refractivity contribution in [1.29, 1.82) is 0 Å². The van der Waals surface area contributed by atoms with E-state index < -0.39 is 11.7 Å². The minimum Gasteiger partial charge on any atom is -0.349 e. The van der Waals surface area contributed by atoms with Crippen LogP contribution in [-0.2, 0) is 16.6 Å². The zero-order chi connectivity index (χ0) is 16.4. The Morgan fingerprint density at radius 3 is 2.70 bits per heavy atom. The molecule has 1 aliphatic heterocycles. The Hall–Kier alpha value is -2.11. The van der Waals surface area contributed by atoms with Crippen LogP contribution in [0.3, 0.4) is 0 Å². The zero-order valence-corrected chi connectivity index (χ0v) is 13.5. The average molecular weight is 317 g/mol. The Morgan fingerprint density at radius 2 is 2.04 bits per heavy atom. The number of rotatable bonds is 5. The summed E-state index contributed by atoms with van der Waals surface area (Å²) in [5.74, 6) is -0.841. The summed E-state index contributed by atoms with van der Waals surface area (Å²) in [6, 6.07) is 3.74. The van der Waals surface area contributed by atoms with E-state index in [4.69, 9.17) is 0 Å². The Balaban J connectivity index is 1.51. The standard InChI is InChI=1S/C17H23N3O3/c1-19-8-4-7-14(19)16(22)17(23)18-10-12-9-15(21)20(11-12)13-5-2-3-6-13/h4,7-8,12-13H,2-3,5-6,9-11H2,1H3,(H,18,23)/t12-/m0/s1. The second-order valence-electron chi connectivity index (χ2n) is 6.60. The van der Waals surface area contributed by atoms with Crippen molar-refractivity contribution < 1.29 is 14.4 Å². The lowest BCUT2D eigenvalue weighted by atomic mass is 10.1. The summed E-state index contributed by atoms with van der Waals surface area (Å²) >= 11 is 0. The van der Waals surface area contributed by atoms with Gasteiger partial charge in [-0.15, -0.1) is 0 Å². The molecule has 1 aliphatic carbocycles. The minimum atomic E-state index is -0.599. The van der Waals surface area contributed by atoms with Gasteiger partial charge in [-0.2, -0.15) is 0 Å². The van der Waals surface area contributed by atoms with E-state index in [9.17, 15) is 14.4 Å². The van der Waals surface area contributed by atoms with Crippen LogP contribution in [0, 0.1) is 5.92 Å². The Labute approximate surface area is 135 Å². The van der Waals surface area contributed by atoms with Gasteiger partial charge in [0.05, 0.1) is 5.69 Å². The van der Waals surface area contributed by atoms with E-state index in [-0.39, 0.29) is 11.8 Å². The number of amides is 2. The first-order valence-corrected chi connectivity index (χ1v) is 8.29. The molecular weight excluding hydrogens is 294 g/mol. The third-order valence-electron chi connectivity index (χ3n) is 4.94. The number of ketones is 1. The first-order valence-electron chi connectivity index (χ1n) is 8.29. The van der Waals surface area contributed by atoms with Crippen LogP contribution in [0.2, 0.25) is 0 Å². The van der Waals surface area contributed by atoms with Gasteiger partial charge in [0.15, 0.2) is 0 Å². The smallest absolute Gasteiger partial charge is 0.294 e. The molecule has 1 atom stereocenters. The number of nitrogens with one attached hydrogen (secondary N) is 1. The fraction of sp³-hybridized carbons (Fsp3) is 0.588. The van der Waals surface area contributed by atoms with Crippen LogP contribution in [0.1, 0.15) is 42.6 Å². The normalized spacial score (nSPS) is 21.9. The van der Waals surface area contributed by atoms with Gasteiger partial charge >= 0.3 is 0 Å². The third-order valence-corrected chi connectivity index (χ3v) is 4.94. The highest BCUT2D eigenvalue weighted by atomic mass is 16.2. The van der Waals surface area contributed by atoms with Gasteiger partial charge < -0.3 is 14.8 Å². The van der Waals surface area contributed by atoms with Gasteiger partial charge in [-0.3, -0.25) is 14.4 Å². The van der Waals surface area contributed by atoms with E-state index in [0.29, 0.717) is 31.2 Å². The lowest BCUT2D eigenvalue weighted by Gasteiger charge is -2.24. The number of hydrogen-bond acceptors (Lipinski definition) is 3. The maximum absolute atomic E-state index is 12.1. The number of likely N-dealkylation sites (tertiary alicyclic amines) is 1. The molecule has 2 fully saturated rings. The molecule has 23 heavy (non-hydrogen) atoms. The van der Waals surface area contributed by atoms with Crippen LogP contribution in [-0.4, -0.2) is 46.2 Å². The fourth-order valence-electron chi connectivity index (χ4n) is 3.64. The quantitative estimate of drug-likeness (QED) is 0.653. The van der Waals surface area contributed by atoms with Crippen molar-refractivity contribution in [2.45, 2.75) is 38.1 Å². The molecule has 0 bridgehead atoms. The Kier molecular flexibility index (Phi) is 4.50. The van der Waals surface area contributed by atoms with Gasteiger partial charge in [0.2, 0.25) is 5.91 Å². The molecule has 2 amide bonds. The topological polar surface area (TPSA) is 71.4 Å². The number of carbonyl (C=O) groups is 3. The number of hydrogen-bond donors (Lipinski definition) is 1. The van der Waals surface area contributed by atoms with Crippen LogP contribution in [0.5, 0.6) is 0 Å². The first kappa shape index (κ1) is 15.8. The van der Waals surface area contributed by atoms with Gasteiger partial charge in [0.25, 0.3) is 11.7 Å². The molecule has 0 aromatic carbocycles. The van der Waals surface area contributed by atoms with Gasteiger partial charge in [-0.1, -0.05) is 12.8 Å². The van der Waals surface area contributed by atoms with Crippen molar-refractivity contribution in [2.75, 3.05) is 13.1 Å². The Morgan fingerprint density at radius 1 is 1.30 bits per heavy atom. The molecule has 1 N–H and O–H groups in total. The molecule has 1 saturated heterocycles. The SMILES string of the molecule is Cn1cccc1C(=O)C(=O)NC[C@@H]1CC(=O)N(C2CCCC2)C1. The summed E-state index contributed by atoms with van der Waals surface area (Å²) in [5, 5.41) is 2.69. The number of carbonyl (C=O) groups excluding carboxylic acids is 3. The summed E-state index contributed by atoms with van der Waals surface area (Å²) in [5.41, 5.74) is 0.373. The molecule has 1 aromatic rings. The Bertz CT molecular complexity index is 616. The number of aryl methyl sites for hydroxylation is 1. The molecule has 2 heterocycles. The molecule has 124 valence electrons. The predicted molar refractivity (Wildman–Crippen MR) is 84.8 cm³/mol. The molecule has 1 aromatic heterocycles. The summed E-state index contributed by atoms with van der Waals surface area (Å²) in [4.78, 5) is 38.2. The fourth-order valence-corrected chi connectivity index (χ4v) is 3.64. The van der Waals surface area contributed by atoms with Crippen molar-refractivity contribution in [3.05, 3.63) is 24.0 Å². The van der Waals surface area contributed by atoms with Gasteiger partial charge in [-0.05, 0) is 25.0 Å². The van der Waals surface area contributed by atoms with E-state index in [1.54, 1.807) is 29.9 Å². The maximum atomic E-state index is 12.1. The van der Waals surface area contributed by atoms with Crippen LogP contribution < -0.4 is 5.32 Å². The molecule has 6 heteroatoms. The predicted octanol–water partition coefficient (Wildman–Crippen LogP) is 1.12. The highest BCUT2D eigenvalue weighted by Crippen LogP contribution is 2.29. The zero-order valence-electron chi connectivity index (χ0n) is 13.5.